The molecule has 1 aliphatic rings. The minimum Gasteiger partial charge on any atom is -0.445 e. The number of nitrogens with one attached hydrogen (secondary N) is 1. The quantitative estimate of drug-likeness (QED) is 0.701. The summed E-state index contributed by atoms with van der Waals surface area (Å²) in [6, 6.07) is 0. The van der Waals surface area contributed by atoms with Crippen LogP contribution in [0.5, 0.6) is 0 Å². The standard InChI is InChI=1S/C9H15N3O/c10-3-1-8-6-12-9(13-8)7-2-4-11-5-7/h6-7,11H,1-5,10H2. The molecule has 0 bridgehead atoms. The molecule has 0 aromatic carbocycles. The zero-order chi connectivity index (χ0) is 9.10. The minimum atomic E-state index is 0.464. The number of nitrogens with two attached hydrogens (primary N) is 1. The number of oxazole rings is 1. The summed E-state index contributed by atoms with van der Waals surface area (Å²) in [5, 5.41) is 3.29. The van der Waals surface area contributed by atoms with Gasteiger partial charge in [0.05, 0.1) is 6.20 Å². The molecule has 1 aliphatic heterocycles. The van der Waals surface area contributed by atoms with Gasteiger partial charge in [0.25, 0.3) is 0 Å². The monoisotopic (exact) mass is 181 g/mol. The highest BCUT2D eigenvalue weighted by molar-refractivity contribution is 5.02. The van der Waals surface area contributed by atoms with E-state index in [1.165, 1.54) is 0 Å². The highest BCUT2D eigenvalue weighted by atomic mass is 16.4. The van der Waals surface area contributed by atoms with Crippen molar-refractivity contribution in [1.29, 1.82) is 0 Å². The molecule has 4 nitrogen and oxygen atoms in total. The molecule has 1 aromatic heterocycles. The van der Waals surface area contributed by atoms with Crippen molar-refractivity contribution in [2.45, 2.75) is 18.8 Å². The van der Waals surface area contributed by atoms with Gasteiger partial charge < -0.3 is 15.5 Å². The Bertz CT molecular complexity index is 266. The van der Waals surface area contributed by atoms with E-state index in [-0.39, 0.29) is 0 Å². The van der Waals surface area contributed by atoms with Crippen molar-refractivity contribution in [3.05, 3.63) is 17.8 Å². The Kier molecular flexibility index (Phi) is 2.61. The fourth-order valence-electron chi connectivity index (χ4n) is 1.63. The predicted molar refractivity (Wildman–Crippen MR) is 49.5 cm³/mol. The lowest BCUT2D eigenvalue weighted by molar-refractivity contribution is 0.427. The van der Waals surface area contributed by atoms with Gasteiger partial charge in [-0.1, -0.05) is 0 Å². The zero-order valence-corrected chi connectivity index (χ0v) is 7.62. The molecule has 0 radical (unpaired) electrons. The van der Waals surface area contributed by atoms with Crippen molar-refractivity contribution in [2.24, 2.45) is 5.73 Å². The second kappa shape index (κ2) is 3.89. The third-order valence-corrected chi connectivity index (χ3v) is 2.37. The average Bonchev–Trinajstić information content (AvgIpc) is 2.70. The Morgan fingerprint density at radius 2 is 2.62 bits per heavy atom. The van der Waals surface area contributed by atoms with Gasteiger partial charge in [-0.2, -0.15) is 0 Å². The maximum atomic E-state index is 5.58. The molecule has 1 saturated heterocycles. The predicted octanol–water partition coefficient (Wildman–Crippen LogP) is 0.253. The summed E-state index contributed by atoms with van der Waals surface area (Å²) in [5.41, 5.74) is 5.42. The number of hydrogen-bond acceptors (Lipinski definition) is 4. The molecule has 1 atom stereocenters. The molecular weight excluding hydrogens is 166 g/mol. The van der Waals surface area contributed by atoms with Crippen LogP contribution in [0.1, 0.15) is 24.0 Å². The SMILES string of the molecule is NCCc1cnc(C2CCNC2)o1. The average molecular weight is 181 g/mol. The lowest BCUT2D eigenvalue weighted by Crippen LogP contribution is -2.08. The molecule has 2 heterocycles. The fraction of sp³-hybridized carbons (Fsp3) is 0.667. The van der Waals surface area contributed by atoms with Crippen LogP contribution in [0.25, 0.3) is 0 Å². The van der Waals surface area contributed by atoms with Gasteiger partial charge in [0.2, 0.25) is 0 Å². The lowest BCUT2D eigenvalue weighted by atomic mass is 10.1. The Morgan fingerprint density at radius 1 is 1.69 bits per heavy atom. The van der Waals surface area contributed by atoms with Crippen LogP contribution in [-0.2, 0) is 6.42 Å². The summed E-state index contributed by atoms with van der Waals surface area (Å²) in [4.78, 5) is 4.25. The molecule has 13 heavy (non-hydrogen) atoms. The van der Waals surface area contributed by atoms with Crippen LogP contribution in [-0.4, -0.2) is 24.6 Å². The number of rotatable bonds is 3. The molecule has 0 amide bonds. The summed E-state index contributed by atoms with van der Waals surface area (Å²) in [6.45, 7) is 2.68. The van der Waals surface area contributed by atoms with E-state index in [2.05, 4.69) is 10.3 Å². The first-order valence-electron chi connectivity index (χ1n) is 4.75. The third kappa shape index (κ3) is 1.89. The van der Waals surface area contributed by atoms with E-state index in [9.17, 15) is 0 Å². The molecule has 1 aromatic rings. The normalized spacial score (nSPS) is 22.4. The molecule has 0 spiro atoms. The van der Waals surface area contributed by atoms with E-state index >= 15 is 0 Å². The van der Waals surface area contributed by atoms with E-state index in [1.807, 2.05) is 0 Å². The largest absolute Gasteiger partial charge is 0.445 e. The summed E-state index contributed by atoms with van der Waals surface area (Å²) in [7, 11) is 0. The van der Waals surface area contributed by atoms with Crippen molar-refractivity contribution in [3.8, 4) is 0 Å². The van der Waals surface area contributed by atoms with Gasteiger partial charge >= 0.3 is 0 Å². The van der Waals surface area contributed by atoms with Crippen molar-refractivity contribution in [1.82, 2.24) is 10.3 Å². The minimum absolute atomic E-state index is 0.464. The zero-order valence-electron chi connectivity index (χ0n) is 7.62. The van der Waals surface area contributed by atoms with Crippen LogP contribution in [0.15, 0.2) is 10.6 Å². The summed E-state index contributed by atoms with van der Waals surface area (Å²) < 4.78 is 5.58. The van der Waals surface area contributed by atoms with Crippen LogP contribution in [0.3, 0.4) is 0 Å². The first-order valence-corrected chi connectivity index (χ1v) is 4.75. The fourth-order valence-corrected chi connectivity index (χ4v) is 1.63. The topological polar surface area (TPSA) is 64.1 Å². The number of nitrogens with zero attached hydrogens (tertiary/aromatic N) is 1. The molecule has 1 unspecified atom stereocenters. The molecular formula is C9H15N3O. The van der Waals surface area contributed by atoms with Crippen molar-refractivity contribution >= 4 is 0 Å². The van der Waals surface area contributed by atoms with Gasteiger partial charge in [0.1, 0.15) is 5.76 Å². The molecule has 2 rings (SSSR count). The Labute approximate surface area is 77.5 Å². The van der Waals surface area contributed by atoms with E-state index < -0.39 is 0 Å². The van der Waals surface area contributed by atoms with Crippen LogP contribution >= 0.6 is 0 Å². The van der Waals surface area contributed by atoms with Crippen LogP contribution in [0.4, 0.5) is 0 Å². The summed E-state index contributed by atoms with van der Waals surface area (Å²) in [5.74, 6) is 2.24. The van der Waals surface area contributed by atoms with E-state index in [1.54, 1.807) is 6.20 Å². The molecule has 3 N–H and O–H groups in total. The van der Waals surface area contributed by atoms with Gasteiger partial charge in [0, 0.05) is 18.9 Å². The second-order valence-corrected chi connectivity index (χ2v) is 3.39. The highest BCUT2D eigenvalue weighted by Gasteiger charge is 2.21. The number of aromatic nitrogens is 1. The van der Waals surface area contributed by atoms with E-state index in [4.69, 9.17) is 10.2 Å². The van der Waals surface area contributed by atoms with E-state index in [0.717, 1.165) is 37.6 Å². The first-order chi connectivity index (χ1) is 6.40. The van der Waals surface area contributed by atoms with Crippen molar-refractivity contribution in [2.75, 3.05) is 19.6 Å². The molecule has 0 saturated carbocycles. The second-order valence-electron chi connectivity index (χ2n) is 3.39. The smallest absolute Gasteiger partial charge is 0.198 e. The van der Waals surface area contributed by atoms with Crippen LogP contribution in [0, 0.1) is 0 Å². The van der Waals surface area contributed by atoms with Gasteiger partial charge in [0.15, 0.2) is 5.89 Å². The lowest BCUT2D eigenvalue weighted by Gasteiger charge is -2.00. The molecule has 0 aliphatic carbocycles. The maximum Gasteiger partial charge on any atom is 0.198 e. The van der Waals surface area contributed by atoms with Gasteiger partial charge in [-0.05, 0) is 19.5 Å². The Morgan fingerprint density at radius 3 is 3.31 bits per heavy atom. The maximum absolute atomic E-state index is 5.58. The summed E-state index contributed by atoms with van der Waals surface area (Å²) >= 11 is 0. The molecule has 4 heteroatoms. The van der Waals surface area contributed by atoms with Crippen LogP contribution < -0.4 is 11.1 Å². The van der Waals surface area contributed by atoms with Gasteiger partial charge in [-0.3, -0.25) is 0 Å². The molecule has 1 fully saturated rings. The van der Waals surface area contributed by atoms with Crippen molar-refractivity contribution in [3.63, 3.8) is 0 Å². The Hall–Kier alpha value is -0.870. The summed E-state index contributed by atoms with van der Waals surface area (Å²) in [6.07, 6.45) is 3.70. The van der Waals surface area contributed by atoms with Crippen LogP contribution in [0.2, 0.25) is 0 Å². The van der Waals surface area contributed by atoms with Gasteiger partial charge in [-0.15, -0.1) is 0 Å². The first kappa shape index (κ1) is 8.72. The van der Waals surface area contributed by atoms with Gasteiger partial charge in [-0.25, -0.2) is 4.98 Å². The third-order valence-electron chi connectivity index (χ3n) is 2.37. The molecule has 72 valence electrons. The Balaban J connectivity index is 2.03. The highest BCUT2D eigenvalue weighted by Crippen LogP contribution is 2.21. The van der Waals surface area contributed by atoms with Crippen molar-refractivity contribution < 1.29 is 4.42 Å². The van der Waals surface area contributed by atoms with E-state index in [0.29, 0.717) is 12.5 Å². The number of hydrogen-bond donors (Lipinski definition) is 2.